The molecule has 4 heterocycles. The highest BCUT2D eigenvalue weighted by Gasteiger charge is 2.31. The highest BCUT2D eigenvalue weighted by Crippen LogP contribution is 2.36. The van der Waals surface area contributed by atoms with Crippen molar-refractivity contribution < 1.29 is 4.79 Å². The summed E-state index contributed by atoms with van der Waals surface area (Å²) < 4.78 is 0. The molecule has 1 N–H and O–H groups in total. The van der Waals surface area contributed by atoms with Crippen LogP contribution >= 0.6 is 11.6 Å². The number of benzene rings is 1. The van der Waals surface area contributed by atoms with E-state index >= 15 is 0 Å². The van der Waals surface area contributed by atoms with Crippen LogP contribution in [0.5, 0.6) is 0 Å². The van der Waals surface area contributed by atoms with Crippen LogP contribution in [0.2, 0.25) is 5.02 Å². The molecule has 2 saturated heterocycles. The van der Waals surface area contributed by atoms with Gasteiger partial charge >= 0.3 is 0 Å². The third kappa shape index (κ3) is 4.20. The topological polar surface area (TPSA) is 78.0 Å². The Morgan fingerprint density at radius 1 is 1.16 bits per heavy atom. The lowest BCUT2D eigenvalue weighted by Crippen LogP contribution is -2.30. The number of ketones is 1. The fourth-order valence-electron chi connectivity index (χ4n) is 4.60. The van der Waals surface area contributed by atoms with Crippen LogP contribution in [0.3, 0.4) is 0 Å². The second-order valence-corrected chi connectivity index (χ2v) is 8.63. The fourth-order valence-corrected chi connectivity index (χ4v) is 4.79. The second-order valence-electron chi connectivity index (χ2n) is 8.20. The van der Waals surface area contributed by atoms with Gasteiger partial charge in [-0.05, 0) is 50.4 Å². The highest BCUT2D eigenvalue weighted by atomic mass is 35.5. The number of halogens is 1. The Bertz CT molecular complexity index is 1080. The van der Waals surface area contributed by atoms with Crippen molar-refractivity contribution >= 4 is 23.3 Å². The van der Waals surface area contributed by atoms with Crippen LogP contribution in [0, 0.1) is 0 Å². The predicted octanol–water partition coefficient (Wildman–Crippen LogP) is 4.14. The summed E-state index contributed by atoms with van der Waals surface area (Å²) in [6.45, 7) is 3.23. The predicted molar refractivity (Wildman–Crippen MR) is 120 cm³/mol. The summed E-state index contributed by atoms with van der Waals surface area (Å²) in [5.41, 5.74) is 3.51. The lowest BCUT2D eigenvalue weighted by Gasteiger charge is -2.24. The van der Waals surface area contributed by atoms with E-state index in [0.717, 1.165) is 55.4 Å². The van der Waals surface area contributed by atoms with E-state index in [2.05, 4.69) is 25.0 Å². The van der Waals surface area contributed by atoms with Crippen LogP contribution in [0.4, 0.5) is 5.95 Å². The van der Waals surface area contributed by atoms with Crippen LogP contribution in [0.1, 0.15) is 47.8 Å². The molecule has 0 bridgehead atoms. The molecule has 0 spiro atoms. The monoisotopic (exact) mass is 436 g/mol. The lowest BCUT2D eigenvalue weighted by molar-refractivity contribution is 0.0920. The third-order valence-electron chi connectivity index (χ3n) is 6.17. The smallest absolute Gasteiger partial charge is 0.225 e. The Labute approximate surface area is 186 Å². The summed E-state index contributed by atoms with van der Waals surface area (Å²) in [6, 6.07) is 9.19. The molecule has 8 heteroatoms. The normalized spacial score (nSPS) is 19.3. The van der Waals surface area contributed by atoms with E-state index in [-0.39, 0.29) is 11.8 Å². The lowest BCUT2D eigenvalue weighted by atomic mass is 10.0. The van der Waals surface area contributed by atoms with Gasteiger partial charge in [-0.25, -0.2) is 9.97 Å². The Hall–Kier alpha value is -2.77. The number of H-pyrrole nitrogens is 1. The second kappa shape index (κ2) is 8.77. The molecule has 1 atom stereocenters. The van der Waals surface area contributed by atoms with Gasteiger partial charge < -0.3 is 4.90 Å². The number of aromatic nitrogens is 4. The summed E-state index contributed by atoms with van der Waals surface area (Å²) in [7, 11) is 0. The van der Waals surface area contributed by atoms with E-state index in [9.17, 15) is 4.79 Å². The minimum absolute atomic E-state index is 0.0776. The number of aromatic amines is 1. The molecule has 0 aliphatic carbocycles. The van der Waals surface area contributed by atoms with E-state index < -0.39 is 0 Å². The van der Waals surface area contributed by atoms with Gasteiger partial charge in [0.1, 0.15) is 0 Å². The summed E-state index contributed by atoms with van der Waals surface area (Å²) in [5.74, 6) is 0.857. The first kappa shape index (κ1) is 20.2. The SMILES string of the molecule is O=C(CN1CCC[C@H]1c1[nH]ncc1-c1ccnc(N2CCCC2)n1)c1cccc(Cl)c1. The quantitative estimate of drug-likeness (QED) is 0.585. The minimum atomic E-state index is 0.0776. The molecule has 0 amide bonds. The summed E-state index contributed by atoms with van der Waals surface area (Å²) in [5, 5.41) is 8.10. The first-order chi connectivity index (χ1) is 15.2. The Kier molecular flexibility index (Phi) is 5.70. The van der Waals surface area contributed by atoms with Crippen molar-refractivity contribution in [3.8, 4) is 11.3 Å². The van der Waals surface area contributed by atoms with E-state index in [1.807, 2.05) is 30.6 Å². The van der Waals surface area contributed by atoms with Gasteiger partial charge in [0, 0.05) is 35.4 Å². The first-order valence-corrected chi connectivity index (χ1v) is 11.2. The maximum atomic E-state index is 12.9. The Balaban J connectivity index is 1.38. The zero-order chi connectivity index (χ0) is 21.2. The number of nitrogens with zero attached hydrogens (tertiary/aromatic N) is 5. The molecule has 2 aliphatic rings. The van der Waals surface area contributed by atoms with E-state index in [1.165, 1.54) is 12.8 Å². The molecular formula is C23H25ClN6O. The van der Waals surface area contributed by atoms with Gasteiger partial charge in [0.2, 0.25) is 5.95 Å². The van der Waals surface area contributed by atoms with Gasteiger partial charge in [0.15, 0.2) is 5.78 Å². The molecule has 0 unspecified atom stereocenters. The van der Waals surface area contributed by atoms with Crippen molar-refractivity contribution in [1.82, 2.24) is 25.1 Å². The van der Waals surface area contributed by atoms with Crippen LogP contribution in [0.15, 0.2) is 42.7 Å². The van der Waals surface area contributed by atoms with Crippen molar-refractivity contribution in [2.45, 2.75) is 31.7 Å². The van der Waals surface area contributed by atoms with Crippen molar-refractivity contribution in [2.75, 3.05) is 31.1 Å². The number of hydrogen-bond acceptors (Lipinski definition) is 6. The number of carbonyl (C=O) groups excluding carboxylic acids is 1. The standard InChI is InChI=1S/C23H25ClN6O/c24-17-6-3-5-16(13-17)21(31)15-30-12-4-7-20(30)22-18(14-26-28-22)19-8-9-25-23(27-19)29-10-1-2-11-29/h3,5-6,8-9,13-14,20H,1-2,4,7,10-12,15H2,(H,26,28)/t20-/m0/s1. The van der Waals surface area contributed by atoms with Crippen molar-refractivity contribution in [3.05, 3.63) is 59.0 Å². The van der Waals surface area contributed by atoms with Crippen LogP contribution in [0.25, 0.3) is 11.3 Å². The summed E-state index contributed by atoms with van der Waals surface area (Å²) in [6.07, 6.45) is 8.03. The van der Waals surface area contributed by atoms with Gasteiger partial charge in [0.05, 0.1) is 30.2 Å². The molecule has 3 aromatic rings. The average Bonchev–Trinajstić information content (AvgIpc) is 3.55. The van der Waals surface area contributed by atoms with Crippen molar-refractivity contribution in [1.29, 1.82) is 0 Å². The summed E-state index contributed by atoms with van der Waals surface area (Å²) in [4.78, 5) is 26.6. The molecule has 2 aliphatic heterocycles. The fraction of sp³-hybridized carbons (Fsp3) is 0.391. The van der Waals surface area contributed by atoms with Crippen molar-refractivity contribution in [3.63, 3.8) is 0 Å². The molecule has 1 aromatic carbocycles. The highest BCUT2D eigenvalue weighted by molar-refractivity contribution is 6.31. The molecular weight excluding hydrogens is 412 g/mol. The molecule has 0 radical (unpaired) electrons. The molecule has 0 saturated carbocycles. The van der Waals surface area contributed by atoms with Gasteiger partial charge in [-0.3, -0.25) is 14.8 Å². The Morgan fingerprint density at radius 3 is 2.87 bits per heavy atom. The third-order valence-corrected chi connectivity index (χ3v) is 6.40. The number of carbonyl (C=O) groups is 1. The maximum absolute atomic E-state index is 12.9. The number of Topliss-reactive ketones (excluding diaryl/α,β-unsaturated/α-hetero) is 1. The molecule has 7 nitrogen and oxygen atoms in total. The zero-order valence-electron chi connectivity index (χ0n) is 17.3. The molecule has 160 valence electrons. The minimum Gasteiger partial charge on any atom is -0.341 e. The molecule has 2 aromatic heterocycles. The number of nitrogens with one attached hydrogen (secondary N) is 1. The zero-order valence-corrected chi connectivity index (χ0v) is 18.1. The maximum Gasteiger partial charge on any atom is 0.225 e. The molecule has 2 fully saturated rings. The van der Waals surface area contributed by atoms with Gasteiger partial charge in [-0.2, -0.15) is 5.10 Å². The summed E-state index contributed by atoms with van der Waals surface area (Å²) >= 11 is 6.07. The largest absolute Gasteiger partial charge is 0.341 e. The number of anilines is 1. The van der Waals surface area contributed by atoms with Gasteiger partial charge in [0.25, 0.3) is 0 Å². The average molecular weight is 437 g/mol. The van der Waals surface area contributed by atoms with Gasteiger partial charge in [-0.1, -0.05) is 23.7 Å². The van der Waals surface area contributed by atoms with Crippen LogP contribution < -0.4 is 4.90 Å². The molecule has 5 rings (SSSR count). The number of likely N-dealkylation sites (tertiary alicyclic amines) is 1. The van der Waals surface area contributed by atoms with E-state index in [0.29, 0.717) is 17.1 Å². The number of rotatable bonds is 6. The van der Waals surface area contributed by atoms with Crippen LogP contribution in [-0.4, -0.2) is 57.0 Å². The number of hydrogen-bond donors (Lipinski definition) is 1. The van der Waals surface area contributed by atoms with Gasteiger partial charge in [-0.15, -0.1) is 0 Å². The van der Waals surface area contributed by atoms with Crippen molar-refractivity contribution in [2.24, 2.45) is 0 Å². The molecule has 31 heavy (non-hydrogen) atoms. The van der Waals surface area contributed by atoms with Crippen LogP contribution in [-0.2, 0) is 0 Å². The van der Waals surface area contributed by atoms with E-state index in [1.54, 1.807) is 12.1 Å². The first-order valence-electron chi connectivity index (χ1n) is 10.8. The Morgan fingerprint density at radius 2 is 2.03 bits per heavy atom. The van der Waals surface area contributed by atoms with E-state index in [4.69, 9.17) is 16.6 Å².